The summed E-state index contributed by atoms with van der Waals surface area (Å²) < 4.78 is 1.98. The summed E-state index contributed by atoms with van der Waals surface area (Å²) in [4.78, 5) is 18.5. The molecule has 0 spiro atoms. The van der Waals surface area contributed by atoms with Crippen LogP contribution in [-0.2, 0) is 0 Å². The molecule has 0 aliphatic heterocycles. The van der Waals surface area contributed by atoms with Crippen molar-refractivity contribution in [2.75, 3.05) is 0 Å². The van der Waals surface area contributed by atoms with Gasteiger partial charge in [0.2, 0.25) is 0 Å². The predicted octanol–water partition coefficient (Wildman–Crippen LogP) is 2.02. The predicted molar refractivity (Wildman–Crippen MR) is 66.4 cm³/mol. The van der Waals surface area contributed by atoms with Crippen molar-refractivity contribution in [3.63, 3.8) is 0 Å². The lowest BCUT2D eigenvalue weighted by Crippen LogP contribution is -2.06. The highest BCUT2D eigenvalue weighted by atomic mass is 16.1. The van der Waals surface area contributed by atoms with Crippen molar-refractivity contribution in [1.82, 2.24) is 14.5 Å². The Hall–Kier alpha value is -2.36. The number of rotatable bonds is 1. The molecule has 1 N–H and O–H groups in total. The van der Waals surface area contributed by atoms with E-state index >= 15 is 0 Å². The van der Waals surface area contributed by atoms with Gasteiger partial charge in [0, 0.05) is 11.4 Å². The Balaban J connectivity index is 2.41. The second-order valence-electron chi connectivity index (χ2n) is 3.93. The van der Waals surface area contributed by atoms with Gasteiger partial charge >= 0.3 is 0 Å². The van der Waals surface area contributed by atoms with Crippen molar-refractivity contribution in [2.45, 2.75) is 6.92 Å². The number of aromatic amines is 1. The van der Waals surface area contributed by atoms with Crippen LogP contribution >= 0.6 is 0 Å². The van der Waals surface area contributed by atoms with E-state index in [0.717, 1.165) is 11.4 Å². The lowest BCUT2D eigenvalue weighted by molar-refractivity contribution is 1.02. The molecule has 4 nitrogen and oxygen atoms in total. The lowest BCUT2D eigenvalue weighted by Gasteiger charge is -2.06. The largest absolute Gasteiger partial charge is 0.313 e. The number of para-hydroxylation sites is 1. The molecule has 0 bridgehead atoms. The third-order valence-corrected chi connectivity index (χ3v) is 2.80. The van der Waals surface area contributed by atoms with E-state index in [-0.39, 0.29) is 5.56 Å². The van der Waals surface area contributed by atoms with Crippen LogP contribution < -0.4 is 5.56 Å². The highest BCUT2D eigenvalue weighted by Crippen LogP contribution is 2.19. The van der Waals surface area contributed by atoms with E-state index in [1.165, 1.54) is 6.33 Å². The summed E-state index contributed by atoms with van der Waals surface area (Å²) in [5, 5.41) is 0.619. The minimum absolute atomic E-state index is 0.104. The lowest BCUT2D eigenvalue weighted by atomic mass is 10.3. The number of H-pyrrole nitrogens is 1. The fraction of sp³-hybridized carbons (Fsp3) is 0.0769. The van der Waals surface area contributed by atoms with Crippen LogP contribution in [0.5, 0.6) is 0 Å². The second-order valence-corrected chi connectivity index (χ2v) is 3.93. The molecular weight excluding hydrogens is 214 g/mol. The van der Waals surface area contributed by atoms with Crippen molar-refractivity contribution in [1.29, 1.82) is 0 Å². The molecule has 0 unspecified atom stereocenters. The Kier molecular flexibility index (Phi) is 2.08. The van der Waals surface area contributed by atoms with Gasteiger partial charge in [-0.05, 0) is 25.1 Å². The molecule has 4 heteroatoms. The number of fused-ring (bicyclic) bond motifs is 1. The van der Waals surface area contributed by atoms with Crippen LogP contribution in [0.2, 0.25) is 0 Å². The fourth-order valence-corrected chi connectivity index (χ4v) is 2.05. The van der Waals surface area contributed by atoms with Crippen LogP contribution in [0, 0.1) is 6.92 Å². The number of nitrogens with one attached hydrogen (secondary N) is 1. The Labute approximate surface area is 97.6 Å². The number of hydrogen-bond acceptors (Lipinski definition) is 2. The topological polar surface area (TPSA) is 50.7 Å². The van der Waals surface area contributed by atoms with E-state index < -0.39 is 0 Å². The van der Waals surface area contributed by atoms with E-state index in [1.54, 1.807) is 0 Å². The standard InChI is InChI=1S/C13H11N3O/c1-9-7-11-12(14-8-15-13(11)17)16(9)10-5-3-2-4-6-10/h2-8H,1H3,(H,14,15,17). The van der Waals surface area contributed by atoms with Gasteiger partial charge in [-0.3, -0.25) is 9.36 Å². The quantitative estimate of drug-likeness (QED) is 0.688. The number of aromatic nitrogens is 3. The van der Waals surface area contributed by atoms with E-state index in [2.05, 4.69) is 9.97 Å². The molecule has 0 saturated carbocycles. The van der Waals surface area contributed by atoms with Gasteiger partial charge in [-0.25, -0.2) is 4.98 Å². The van der Waals surface area contributed by atoms with Crippen LogP contribution in [0.15, 0.2) is 47.5 Å². The monoisotopic (exact) mass is 225 g/mol. The highest BCUT2D eigenvalue weighted by Gasteiger charge is 2.10. The van der Waals surface area contributed by atoms with E-state index in [9.17, 15) is 4.79 Å². The third-order valence-electron chi connectivity index (χ3n) is 2.80. The summed E-state index contributed by atoms with van der Waals surface area (Å²) in [7, 11) is 0. The average Bonchev–Trinajstić information content (AvgIpc) is 2.68. The molecular formula is C13H11N3O. The van der Waals surface area contributed by atoms with Crippen LogP contribution in [0.1, 0.15) is 5.69 Å². The molecule has 0 atom stereocenters. The van der Waals surface area contributed by atoms with Crippen molar-refractivity contribution < 1.29 is 0 Å². The molecule has 0 aliphatic carbocycles. The van der Waals surface area contributed by atoms with Crippen LogP contribution in [0.25, 0.3) is 16.7 Å². The SMILES string of the molecule is Cc1cc2c(=O)[nH]cnc2n1-c1ccccc1. The zero-order valence-corrected chi connectivity index (χ0v) is 9.34. The summed E-state index contributed by atoms with van der Waals surface area (Å²) >= 11 is 0. The molecule has 17 heavy (non-hydrogen) atoms. The Morgan fingerprint density at radius 2 is 2.00 bits per heavy atom. The third kappa shape index (κ3) is 1.45. The van der Waals surface area contributed by atoms with Gasteiger partial charge in [-0.1, -0.05) is 18.2 Å². The second kappa shape index (κ2) is 3.59. The molecule has 3 rings (SSSR count). The van der Waals surface area contributed by atoms with Crippen molar-refractivity contribution in [3.05, 3.63) is 58.8 Å². The van der Waals surface area contributed by atoms with Gasteiger partial charge in [0.05, 0.1) is 11.7 Å². The normalized spacial score (nSPS) is 10.9. The molecule has 0 fully saturated rings. The van der Waals surface area contributed by atoms with Gasteiger partial charge in [0.25, 0.3) is 5.56 Å². The van der Waals surface area contributed by atoms with E-state index in [4.69, 9.17) is 0 Å². The molecule has 84 valence electrons. The molecule has 0 radical (unpaired) electrons. The summed E-state index contributed by atoms with van der Waals surface area (Å²) in [6, 6.07) is 11.7. The summed E-state index contributed by atoms with van der Waals surface area (Å²) in [6.07, 6.45) is 1.43. The first-order valence-electron chi connectivity index (χ1n) is 5.38. The zero-order chi connectivity index (χ0) is 11.8. The molecule has 0 amide bonds. The zero-order valence-electron chi connectivity index (χ0n) is 9.34. The maximum absolute atomic E-state index is 11.7. The van der Waals surface area contributed by atoms with Crippen LogP contribution in [0.4, 0.5) is 0 Å². The van der Waals surface area contributed by atoms with Gasteiger partial charge in [-0.2, -0.15) is 0 Å². The van der Waals surface area contributed by atoms with Crippen LogP contribution in [-0.4, -0.2) is 14.5 Å². The number of benzene rings is 1. The Bertz CT molecular complexity index is 725. The van der Waals surface area contributed by atoms with Gasteiger partial charge in [0.15, 0.2) is 5.65 Å². The average molecular weight is 225 g/mol. The Morgan fingerprint density at radius 3 is 2.76 bits per heavy atom. The number of nitrogens with zero attached hydrogens (tertiary/aromatic N) is 2. The van der Waals surface area contributed by atoms with Crippen molar-refractivity contribution in [2.24, 2.45) is 0 Å². The summed E-state index contributed by atoms with van der Waals surface area (Å²) in [5.74, 6) is 0. The first-order valence-corrected chi connectivity index (χ1v) is 5.38. The molecule has 0 aliphatic rings. The van der Waals surface area contributed by atoms with Crippen molar-refractivity contribution in [3.8, 4) is 5.69 Å². The molecule has 2 heterocycles. The van der Waals surface area contributed by atoms with Crippen molar-refractivity contribution >= 4 is 11.0 Å². The molecule has 0 saturated heterocycles. The van der Waals surface area contributed by atoms with Gasteiger partial charge < -0.3 is 4.98 Å². The molecule has 3 aromatic rings. The van der Waals surface area contributed by atoms with Gasteiger partial charge in [0.1, 0.15) is 0 Å². The smallest absolute Gasteiger partial charge is 0.260 e. The summed E-state index contributed by atoms with van der Waals surface area (Å²) in [5.41, 5.74) is 2.60. The Morgan fingerprint density at radius 1 is 1.24 bits per heavy atom. The number of hydrogen-bond donors (Lipinski definition) is 1. The first-order chi connectivity index (χ1) is 8.27. The minimum Gasteiger partial charge on any atom is -0.313 e. The minimum atomic E-state index is -0.104. The first kappa shape index (κ1) is 9.84. The number of aryl methyl sites for hydroxylation is 1. The maximum atomic E-state index is 11.7. The maximum Gasteiger partial charge on any atom is 0.260 e. The van der Waals surface area contributed by atoms with E-state index in [0.29, 0.717) is 11.0 Å². The fourth-order valence-electron chi connectivity index (χ4n) is 2.05. The van der Waals surface area contributed by atoms with E-state index in [1.807, 2.05) is 47.9 Å². The highest BCUT2D eigenvalue weighted by molar-refractivity contribution is 5.78. The molecule has 1 aromatic carbocycles. The van der Waals surface area contributed by atoms with Gasteiger partial charge in [-0.15, -0.1) is 0 Å². The van der Waals surface area contributed by atoms with Crippen LogP contribution in [0.3, 0.4) is 0 Å². The summed E-state index contributed by atoms with van der Waals surface area (Å²) in [6.45, 7) is 1.97. The molecule has 2 aromatic heterocycles.